The summed E-state index contributed by atoms with van der Waals surface area (Å²) in [6.45, 7) is 1.45. The van der Waals surface area contributed by atoms with Crippen LogP contribution in [0.15, 0.2) is 36.4 Å². The predicted molar refractivity (Wildman–Crippen MR) is 74.9 cm³/mol. The lowest BCUT2D eigenvalue weighted by atomic mass is 10.0. The number of hydrogen-bond donors (Lipinski definition) is 0. The highest BCUT2D eigenvalue weighted by Crippen LogP contribution is 2.31. The molecular formula is C16H15FO3. The van der Waals surface area contributed by atoms with E-state index in [0.717, 1.165) is 0 Å². The summed E-state index contributed by atoms with van der Waals surface area (Å²) >= 11 is 0. The Bertz CT molecular complexity index is 628. The van der Waals surface area contributed by atoms with Crippen molar-refractivity contribution in [2.45, 2.75) is 6.92 Å². The van der Waals surface area contributed by atoms with Gasteiger partial charge in [-0.3, -0.25) is 4.79 Å². The molecule has 0 saturated carbocycles. The average molecular weight is 274 g/mol. The second-order valence-corrected chi connectivity index (χ2v) is 4.35. The summed E-state index contributed by atoms with van der Waals surface area (Å²) in [5, 5.41) is 0. The lowest BCUT2D eigenvalue weighted by Gasteiger charge is -2.10. The molecule has 2 aromatic carbocycles. The molecule has 0 aliphatic carbocycles. The third-order valence-corrected chi connectivity index (χ3v) is 3.04. The molecule has 0 fully saturated rings. The minimum absolute atomic E-state index is 0.110. The van der Waals surface area contributed by atoms with Gasteiger partial charge in [0.15, 0.2) is 5.78 Å². The molecule has 0 radical (unpaired) electrons. The van der Waals surface area contributed by atoms with Crippen molar-refractivity contribution in [3.63, 3.8) is 0 Å². The Morgan fingerprint density at radius 2 is 1.60 bits per heavy atom. The second kappa shape index (κ2) is 5.74. The molecule has 3 nitrogen and oxygen atoms in total. The van der Waals surface area contributed by atoms with Gasteiger partial charge in [0.05, 0.1) is 14.2 Å². The zero-order valence-corrected chi connectivity index (χ0v) is 11.6. The van der Waals surface area contributed by atoms with Crippen LogP contribution in [0.5, 0.6) is 11.5 Å². The van der Waals surface area contributed by atoms with Gasteiger partial charge in [-0.2, -0.15) is 0 Å². The van der Waals surface area contributed by atoms with Crippen molar-refractivity contribution in [3.8, 4) is 22.6 Å². The molecule has 0 atom stereocenters. The van der Waals surface area contributed by atoms with Gasteiger partial charge in [-0.25, -0.2) is 4.39 Å². The first-order valence-corrected chi connectivity index (χ1v) is 6.09. The van der Waals surface area contributed by atoms with Crippen molar-refractivity contribution in [1.29, 1.82) is 0 Å². The zero-order chi connectivity index (χ0) is 14.7. The number of benzene rings is 2. The SMILES string of the molecule is COc1cc(OC)cc(-c2cc(C(C)=O)ccc2F)c1. The summed E-state index contributed by atoms with van der Waals surface area (Å²) in [6.07, 6.45) is 0. The highest BCUT2D eigenvalue weighted by molar-refractivity contribution is 5.95. The van der Waals surface area contributed by atoms with Crippen molar-refractivity contribution >= 4 is 5.78 Å². The maximum absolute atomic E-state index is 14.0. The van der Waals surface area contributed by atoms with Crippen molar-refractivity contribution in [2.24, 2.45) is 0 Å². The lowest BCUT2D eigenvalue weighted by molar-refractivity contribution is 0.101. The maximum atomic E-state index is 14.0. The summed E-state index contributed by atoms with van der Waals surface area (Å²) in [5.41, 5.74) is 1.40. The zero-order valence-electron chi connectivity index (χ0n) is 11.6. The van der Waals surface area contributed by atoms with Gasteiger partial charge in [-0.05, 0) is 42.8 Å². The van der Waals surface area contributed by atoms with Crippen LogP contribution in [0.25, 0.3) is 11.1 Å². The summed E-state index contributed by atoms with van der Waals surface area (Å²) < 4.78 is 24.3. The van der Waals surface area contributed by atoms with Gasteiger partial charge in [0.25, 0.3) is 0 Å². The van der Waals surface area contributed by atoms with E-state index in [0.29, 0.717) is 28.2 Å². The summed E-state index contributed by atoms with van der Waals surface area (Å²) in [4.78, 5) is 11.4. The molecule has 0 spiro atoms. The van der Waals surface area contributed by atoms with Gasteiger partial charge in [-0.15, -0.1) is 0 Å². The van der Waals surface area contributed by atoms with Gasteiger partial charge in [-0.1, -0.05) is 0 Å². The van der Waals surface area contributed by atoms with Crippen LogP contribution in [-0.2, 0) is 0 Å². The van der Waals surface area contributed by atoms with E-state index < -0.39 is 5.82 Å². The molecule has 104 valence electrons. The standard InChI is InChI=1S/C16H15FO3/c1-10(18)11-4-5-16(17)15(8-11)12-6-13(19-2)9-14(7-12)20-3/h4-9H,1-3H3. The number of carbonyl (C=O) groups is 1. The summed E-state index contributed by atoms with van der Waals surface area (Å²) in [5.74, 6) is 0.616. The third kappa shape index (κ3) is 2.79. The van der Waals surface area contributed by atoms with Crippen LogP contribution in [0, 0.1) is 5.82 Å². The monoisotopic (exact) mass is 274 g/mol. The maximum Gasteiger partial charge on any atom is 0.159 e. The topological polar surface area (TPSA) is 35.5 Å². The molecule has 2 aromatic rings. The molecule has 0 heterocycles. The quantitative estimate of drug-likeness (QED) is 0.797. The number of methoxy groups -OCH3 is 2. The van der Waals surface area contributed by atoms with Crippen molar-refractivity contribution in [3.05, 3.63) is 47.8 Å². The Kier molecular flexibility index (Phi) is 4.03. The number of halogens is 1. The number of Topliss-reactive ketones (excluding diaryl/α,β-unsaturated/α-hetero) is 1. The molecule has 0 amide bonds. The van der Waals surface area contributed by atoms with E-state index in [9.17, 15) is 9.18 Å². The molecule has 2 rings (SSSR count). The molecule has 20 heavy (non-hydrogen) atoms. The number of ether oxygens (including phenoxy) is 2. The third-order valence-electron chi connectivity index (χ3n) is 3.04. The van der Waals surface area contributed by atoms with Crippen molar-refractivity contribution < 1.29 is 18.7 Å². The van der Waals surface area contributed by atoms with Gasteiger partial charge < -0.3 is 9.47 Å². The van der Waals surface area contributed by atoms with Crippen LogP contribution in [0.3, 0.4) is 0 Å². The minimum Gasteiger partial charge on any atom is -0.497 e. The van der Waals surface area contributed by atoms with Gasteiger partial charge in [0.1, 0.15) is 17.3 Å². The van der Waals surface area contributed by atoms with Crippen LogP contribution in [0.4, 0.5) is 4.39 Å². The smallest absolute Gasteiger partial charge is 0.159 e. The van der Waals surface area contributed by atoms with E-state index in [-0.39, 0.29) is 5.78 Å². The Morgan fingerprint density at radius 1 is 1.00 bits per heavy atom. The summed E-state index contributed by atoms with van der Waals surface area (Å²) in [7, 11) is 3.06. The lowest BCUT2D eigenvalue weighted by Crippen LogP contribution is -1.95. The first kappa shape index (κ1) is 14.1. The predicted octanol–water partition coefficient (Wildman–Crippen LogP) is 3.71. The fourth-order valence-electron chi connectivity index (χ4n) is 1.93. The van der Waals surface area contributed by atoms with E-state index in [1.807, 2.05) is 0 Å². The Balaban J connectivity index is 2.60. The largest absolute Gasteiger partial charge is 0.497 e. The molecule has 0 aliphatic rings. The molecule has 0 unspecified atom stereocenters. The van der Waals surface area contributed by atoms with Crippen LogP contribution in [0.2, 0.25) is 0 Å². The molecule has 0 aromatic heterocycles. The first-order valence-electron chi connectivity index (χ1n) is 6.09. The van der Waals surface area contributed by atoms with Crippen molar-refractivity contribution in [1.82, 2.24) is 0 Å². The van der Waals surface area contributed by atoms with Crippen LogP contribution in [-0.4, -0.2) is 20.0 Å². The molecule has 0 aliphatic heterocycles. The summed E-state index contributed by atoms with van der Waals surface area (Å²) in [6, 6.07) is 9.40. The van der Waals surface area contributed by atoms with E-state index in [1.165, 1.54) is 39.3 Å². The fourth-order valence-corrected chi connectivity index (χ4v) is 1.93. The van der Waals surface area contributed by atoms with Crippen LogP contribution in [0.1, 0.15) is 17.3 Å². The molecule has 0 N–H and O–H groups in total. The minimum atomic E-state index is -0.398. The molecular weight excluding hydrogens is 259 g/mol. The van der Waals surface area contributed by atoms with Crippen LogP contribution >= 0.6 is 0 Å². The van der Waals surface area contributed by atoms with E-state index >= 15 is 0 Å². The van der Waals surface area contributed by atoms with E-state index in [4.69, 9.17) is 9.47 Å². The number of carbonyl (C=O) groups excluding carboxylic acids is 1. The molecule has 0 bridgehead atoms. The number of hydrogen-bond acceptors (Lipinski definition) is 3. The fraction of sp³-hybridized carbons (Fsp3) is 0.188. The number of ketones is 1. The number of rotatable bonds is 4. The van der Waals surface area contributed by atoms with Gasteiger partial charge in [0.2, 0.25) is 0 Å². The Hall–Kier alpha value is -2.36. The Morgan fingerprint density at radius 3 is 2.10 bits per heavy atom. The van der Waals surface area contributed by atoms with Gasteiger partial charge in [0, 0.05) is 17.2 Å². The van der Waals surface area contributed by atoms with Crippen LogP contribution < -0.4 is 9.47 Å². The highest BCUT2D eigenvalue weighted by atomic mass is 19.1. The highest BCUT2D eigenvalue weighted by Gasteiger charge is 2.11. The first-order chi connectivity index (χ1) is 9.55. The Labute approximate surface area is 117 Å². The van der Waals surface area contributed by atoms with E-state index in [1.54, 1.807) is 18.2 Å². The average Bonchev–Trinajstić information content (AvgIpc) is 2.46. The molecule has 0 saturated heterocycles. The second-order valence-electron chi connectivity index (χ2n) is 4.35. The molecule has 4 heteroatoms. The normalized spacial score (nSPS) is 10.2. The van der Waals surface area contributed by atoms with Gasteiger partial charge >= 0.3 is 0 Å². The van der Waals surface area contributed by atoms with E-state index in [2.05, 4.69) is 0 Å². The van der Waals surface area contributed by atoms with Crippen molar-refractivity contribution in [2.75, 3.05) is 14.2 Å².